The van der Waals surface area contributed by atoms with E-state index in [0.717, 1.165) is 87.7 Å². The summed E-state index contributed by atoms with van der Waals surface area (Å²) < 4.78 is 4.47. The molecule has 0 spiro atoms. The van der Waals surface area contributed by atoms with E-state index in [1.807, 2.05) is 60.8 Å². The molecule has 0 aliphatic carbocycles. The largest absolute Gasteiger partial charge is 0.307 e. The first kappa shape index (κ1) is 33.6. The van der Waals surface area contributed by atoms with Crippen LogP contribution in [0.4, 0.5) is 5.69 Å². The van der Waals surface area contributed by atoms with Crippen LogP contribution in [-0.2, 0) is 0 Å². The molecule has 9 aromatic carbocycles. The van der Waals surface area contributed by atoms with Crippen molar-refractivity contribution in [3.8, 4) is 50.8 Å². The predicted molar refractivity (Wildman–Crippen MR) is 246 cm³/mol. The minimum Gasteiger partial charge on any atom is -0.307 e. The van der Waals surface area contributed by atoms with Crippen molar-refractivity contribution < 1.29 is 0 Å². The summed E-state index contributed by atoms with van der Waals surface area (Å²) in [7, 11) is 0. The first-order valence-corrected chi connectivity index (χ1v) is 20.0. The normalized spacial score (nSPS) is 11.6. The molecule has 0 aliphatic rings. The number of para-hydroxylation sites is 1. The van der Waals surface area contributed by atoms with Gasteiger partial charge in [-0.25, -0.2) is 9.83 Å². The maximum atomic E-state index is 11.6. The van der Waals surface area contributed by atoms with Gasteiger partial charge in [0.05, 0.1) is 40.1 Å². The van der Waals surface area contributed by atoms with E-state index in [1.165, 1.54) is 5.39 Å². The zero-order valence-corrected chi connectivity index (χ0v) is 32.1. The lowest BCUT2D eigenvalue weighted by molar-refractivity contribution is 1.12. The van der Waals surface area contributed by atoms with Crippen LogP contribution >= 0.6 is 0 Å². The van der Waals surface area contributed by atoms with Crippen molar-refractivity contribution in [1.82, 2.24) is 14.1 Å². The Kier molecular flexibility index (Phi) is 7.29. The molecule has 0 N–H and O–H groups in total. The molecule has 0 amide bonds. The van der Waals surface area contributed by atoms with Crippen LogP contribution in [0.2, 0.25) is 0 Å². The smallest absolute Gasteiger partial charge is 0.220 e. The van der Waals surface area contributed by atoms with E-state index in [0.29, 0.717) is 28.2 Å². The molecule has 0 radical (unpaired) electrons. The number of hydrogen-bond donors (Lipinski definition) is 0. The molecular weight excluding hydrogens is 731 g/mol. The Morgan fingerprint density at radius 1 is 0.450 bits per heavy atom. The molecule has 12 rings (SSSR count). The van der Waals surface area contributed by atoms with Gasteiger partial charge in [-0.3, -0.25) is 0 Å². The van der Waals surface area contributed by atoms with Crippen LogP contribution in [0.25, 0.3) is 115 Å². The molecule has 3 heterocycles. The molecule has 276 valence electrons. The topological polar surface area (TPSA) is 50.9 Å². The zero-order valence-electron chi connectivity index (χ0n) is 32.1. The van der Waals surface area contributed by atoms with Crippen LogP contribution in [0.15, 0.2) is 188 Å². The van der Waals surface area contributed by atoms with Crippen LogP contribution in [0, 0.1) is 17.9 Å². The maximum Gasteiger partial charge on any atom is 0.220 e. The molecule has 3 aromatic heterocycles. The molecule has 12 aromatic rings. The molecule has 0 saturated heterocycles. The van der Waals surface area contributed by atoms with Crippen molar-refractivity contribution in [1.29, 1.82) is 5.26 Å². The van der Waals surface area contributed by atoms with Crippen LogP contribution in [-0.4, -0.2) is 14.1 Å². The van der Waals surface area contributed by atoms with E-state index in [4.69, 9.17) is 11.6 Å². The Labute approximate surface area is 345 Å². The molecule has 0 aliphatic heterocycles. The summed E-state index contributed by atoms with van der Waals surface area (Å²) in [5.41, 5.74) is 11.1. The summed E-state index contributed by atoms with van der Waals surface area (Å²) in [5.74, 6) is 0. The van der Waals surface area contributed by atoms with E-state index in [1.54, 1.807) is 0 Å². The van der Waals surface area contributed by atoms with Gasteiger partial charge in [-0.15, -0.1) is 0 Å². The van der Waals surface area contributed by atoms with Crippen molar-refractivity contribution in [3.63, 3.8) is 0 Å². The summed E-state index contributed by atoms with van der Waals surface area (Å²) in [6, 6.07) is 65.4. The number of aromatic nitrogens is 3. The quantitative estimate of drug-likeness (QED) is 0.130. The fourth-order valence-electron chi connectivity index (χ4n) is 9.76. The molecule has 60 heavy (non-hydrogen) atoms. The number of nitrogens with zero attached hydrogens (tertiary/aromatic N) is 5. The van der Waals surface area contributed by atoms with Gasteiger partial charge in [0.1, 0.15) is 11.7 Å². The van der Waals surface area contributed by atoms with Gasteiger partial charge in [-0.2, -0.15) is 5.26 Å². The highest BCUT2D eigenvalue weighted by molar-refractivity contribution is 6.34. The van der Waals surface area contributed by atoms with Crippen molar-refractivity contribution in [3.05, 3.63) is 205 Å². The lowest BCUT2D eigenvalue weighted by Gasteiger charge is -2.25. The summed E-state index contributed by atoms with van der Waals surface area (Å²) in [4.78, 5) is 9.62. The Balaban J connectivity index is 1.34. The van der Waals surface area contributed by atoms with Gasteiger partial charge in [-0.1, -0.05) is 152 Å². The molecular formula is C55H31N5. The van der Waals surface area contributed by atoms with Crippen molar-refractivity contribution in [2.45, 2.75) is 0 Å². The summed E-state index contributed by atoms with van der Waals surface area (Å²) >= 11 is 0. The zero-order chi connectivity index (χ0) is 39.9. The van der Waals surface area contributed by atoms with Gasteiger partial charge >= 0.3 is 0 Å². The van der Waals surface area contributed by atoms with Crippen molar-refractivity contribution in [2.75, 3.05) is 0 Å². The Bertz CT molecular complexity index is 3680. The number of hydrogen-bond acceptors (Lipinski definition) is 2. The van der Waals surface area contributed by atoms with E-state index >= 15 is 0 Å². The maximum absolute atomic E-state index is 11.6. The molecule has 5 nitrogen and oxygen atoms in total. The van der Waals surface area contributed by atoms with Crippen molar-refractivity contribution in [2.24, 2.45) is 0 Å². The summed E-state index contributed by atoms with van der Waals surface area (Å²) in [6.07, 6.45) is 1.88. The van der Waals surface area contributed by atoms with E-state index < -0.39 is 0 Å². The van der Waals surface area contributed by atoms with E-state index in [9.17, 15) is 5.26 Å². The van der Waals surface area contributed by atoms with Gasteiger partial charge in [-0.05, 0) is 74.1 Å². The first-order chi connectivity index (χ1) is 29.7. The molecule has 0 unspecified atom stereocenters. The predicted octanol–water partition coefficient (Wildman–Crippen LogP) is 14.4. The van der Waals surface area contributed by atoms with Crippen LogP contribution < -0.4 is 0 Å². The fraction of sp³-hybridized carbons (Fsp3) is 0. The third-order valence-corrected chi connectivity index (χ3v) is 12.2. The van der Waals surface area contributed by atoms with Gasteiger partial charge in [0.15, 0.2) is 0 Å². The summed E-state index contributed by atoms with van der Waals surface area (Å²) in [5, 5.41) is 20.5. The SMILES string of the molecule is [C-]#[N+]c1c(-c2ccccc2)c(C#N)c(-n2c3ccccc3c3cc(-c4ccccc4)ccc32)c(-c2ccccc2)c1-n1c2cccc3c4ccccc4c4ccnc1c4c32. The van der Waals surface area contributed by atoms with E-state index in [2.05, 4.69) is 147 Å². The lowest BCUT2D eigenvalue weighted by Crippen LogP contribution is -2.09. The van der Waals surface area contributed by atoms with Crippen LogP contribution in [0.1, 0.15) is 5.56 Å². The van der Waals surface area contributed by atoms with Gasteiger partial charge in [0.2, 0.25) is 5.69 Å². The van der Waals surface area contributed by atoms with Crippen molar-refractivity contribution >= 4 is 71.0 Å². The molecule has 0 fully saturated rings. The highest BCUT2D eigenvalue weighted by Gasteiger charge is 2.32. The minimum absolute atomic E-state index is 0.389. The van der Waals surface area contributed by atoms with Crippen LogP contribution in [0.3, 0.4) is 0 Å². The summed E-state index contributed by atoms with van der Waals surface area (Å²) in [6.45, 7) is 9.11. The third kappa shape index (κ3) is 4.63. The third-order valence-electron chi connectivity index (χ3n) is 12.2. The second-order valence-electron chi connectivity index (χ2n) is 15.2. The standard InChI is InChI=1S/C55H31N5/c1-57-52-48(35-18-7-3-8-19-35)44(33-56)53(59-45-26-14-13-24-40(45)43-32-37(28-29-46(43)59)34-16-5-2-6-17-34)49(36-20-9-4-10-21-36)54(52)60-47-27-15-25-41-38-22-11-12-23-39(38)42-30-31-58-55(60)51(42)50(41)47/h2-32H. The first-order valence-electron chi connectivity index (χ1n) is 20.0. The highest BCUT2D eigenvalue weighted by Crippen LogP contribution is 2.53. The number of pyridine rings is 1. The number of rotatable bonds is 5. The minimum atomic E-state index is 0.389. The number of benzene rings is 9. The Morgan fingerprint density at radius 2 is 1.02 bits per heavy atom. The average Bonchev–Trinajstić information content (AvgIpc) is 3.84. The number of nitriles is 1. The van der Waals surface area contributed by atoms with Gasteiger partial charge < -0.3 is 9.13 Å². The second kappa shape index (κ2) is 13.0. The Morgan fingerprint density at radius 3 is 1.70 bits per heavy atom. The molecule has 5 heteroatoms. The highest BCUT2D eigenvalue weighted by atomic mass is 15.1. The molecule has 0 bridgehead atoms. The molecule has 0 saturated carbocycles. The fourth-order valence-corrected chi connectivity index (χ4v) is 9.76. The molecule has 0 atom stereocenters. The number of fused-ring (bicyclic) bond motifs is 6. The average molecular weight is 762 g/mol. The van der Waals surface area contributed by atoms with Crippen LogP contribution in [0.5, 0.6) is 0 Å². The van der Waals surface area contributed by atoms with Gasteiger partial charge in [0.25, 0.3) is 0 Å². The monoisotopic (exact) mass is 761 g/mol. The van der Waals surface area contributed by atoms with Gasteiger partial charge in [0, 0.05) is 38.9 Å². The lowest BCUT2D eigenvalue weighted by atomic mass is 9.88. The Hall–Kier alpha value is -8.51. The second-order valence-corrected chi connectivity index (χ2v) is 15.2. The van der Waals surface area contributed by atoms with E-state index in [-0.39, 0.29) is 0 Å².